The lowest BCUT2D eigenvalue weighted by molar-refractivity contribution is 0.101. The second-order valence-corrected chi connectivity index (χ2v) is 8.27. The maximum absolute atomic E-state index is 12.8. The Morgan fingerprint density at radius 1 is 1.42 bits per heavy atom. The zero-order valence-corrected chi connectivity index (χ0v) is 16.3. The summed E-state index contributed by atoms with van der Waals surface area (Å²) in [5.74, 6) is 1.21. The van der Waals surface area contributed by atoms with Crippen LogP contribution in [0.5, 0.6) is 0 Å². The predicted molar refractivity (Wildman–Crippen MR) is 100 cm³/mol. The third-order valence-corrected chi connectivity index (χ3v) is 4.61. The van der Waals surface area contributed by atoms with Gasteiger partial charge in [0.1, 0.15) is 5.82 Å². The van der Waals surface area contributed by atoms with Crippen LogP contribution in [-0.2, 0) is 16.8 Å². The van der Waals surface area contributed by atoms with Gasteiger partial charge in [-0.2, -0.15) is 10.2 Å². The molecule has 2 aromatic heterocycles. The first-order valence-electron chi connectivity index (χ1n) is 9.27. The van der Waals surface area contributed by atoms with Gasteiger partial charge in [-0.25, -0.2) is 4.68 Å². The Morgan fingerprint density at radius 3 is 2.77 bits per heavy atom. The van der Waals surface area contributed by atoms with E-state index < -0.39 is 0 Å². The molecular weight excluding hydrogens is 330 g/mol. The van der Waals surface area contributed by atoms with Gasteiger partial charge in [-0.15, -0.1) is 0 Å². The Morgan fingerprint density at radius 2 is 2.19 bits per heavy atom. The second-order valence-electron chi connectivity index (χ2n) is 8.27. The summed E-state index contributed by atoms with van der Waals surface area (Å²) < 4.78 is 9.20. The van der Waals surface area contributed by atoms with Crippen LogP contribution >= 0.6 is 0 Å². The smallest absolute Gasteiger partial charge is 0.277 e. The highest BCUT2D eigenvalue weighted by Crippen LogP contribution is 2.24. The summed E-state index contributed by atoms with van der Waals surface area (Å²) in [7, 11) is 0. The van der Waals surface area contributed by atoms with Gasteiger partial charge < -0.3 is 10.1 Å². The molecule has 3 heterocycles. The van der Waals surface area contributed by atoms with E-state index >= 15 is 0 Å². The molecule has 26 heavy (non-hydrogen) atoms. The fourth-order valence-electron chi connectivity index (χ4n) is 3.19. The molecule has 1 aliphatic rings. The van der Waals surface area contributed by atoms with Crippen LogP contribution in [0.2, 0.25) is 0 Å². The molecule has 1 aliphatic heterocycles. The summed E-state index contributed by atoms with van der Waals surface area (Å²) in [4.78, 5) is 12.8. The molecule has 1 atom stereocenters. The van der Waals surface area contributed by atoms with E-state index in [4.69, 9.17) is 4.74 Å². The molecule has 3 rings (SSSR count). The lowest BCUT2D eigenvalue weighted by Gasteiger charge is -2.23. The Labute approximate surface area is 154 Å². The molecule has 1 amide bonds. The molecule has 0 spiro atoms. The van der Waals surface area contributed by atoms with Crippen molar-refractivity contribution >= 4 is 11.7 Å². The normalized spacial score (nSPS) is 17.8. The number of carbonyl (C=O) groups is 1. The van der Waals surface area contributed by atoms with Crippen molar-refractivity contribution in [2.75, 3.05) is 18.5 Å². The van der Waals surface area contributed by atoms with Gasteiger partial charge in [-0.1, -0.05) is 13.8 Å². The minimum Gasteiger partial charge on any atom is -0.381 e. The summed E-state index contributed by atoms with van der Waals surface area (Å²) >= 11 is 0. The average Bonchev–Trinajstić information content (AvgIpc) is 3.27. The highest BCUT2D eigenvalue weighted by atomic mass is 16.5. The average molecular weight is 359 g/mol. The quantitative estimate of drug-likeness (QED) is 0.889. The number of amides is 1. The second kappa shape index (κ2) is 7.23. The fourth-order valence-corrected chi connectivity index (χ4v) is 3.19. The number of nitrogens with one attached hydrogen (secondary N) is 1. The van der Waals surface area contributed by atoms with Crippen LogP contribution in [0.1, 0.15) is 63.1 Å². The van der Waals surface area contributed by atoms with Gasteiger partial charge in [0.25, 0.3) is 5.91 Å². The van der Waals surface area contributed by atoms with Gasteiger partial charge in [0, 0.05) is 30.8 Å². The number of anilines is 1. The Bertz CT molecular complexity index is 763. The van der Waals surface area contributed by atoms with Crippen molar-refractivity contribution in [3.05, 3.63) is 29.7 Å². The van der Waals surface area contributed by atoms with Crippen molar-refractivity contribution in [3.63, 3.8) is 0 Å². The topological polar surface area (TPSA) is 74.0 Å². The van der Waals surface area contributed by atoms with E-state index in [1.165, 1.54) is 0 Å². The molecule has 2 aromatic rings. The minimum absolute atomic E-state index is 0.178. The van der Waals surface area contributed by atoms with E-state index in [0.29, 0.717) is 17.4 Å². The molecule has 7 nitrogen and oxygen atoms in total. The first-order chi connectivity index (χ1) is 12.3. The maximum atomic E-state index is 12.8. The van der Waals surface area contributed by atoms with Gasteiger partial charge in [0.2, 0.25) is 0 Å². The zero-order valence-electron chi connectivity index (χ0n) is 16.3. The van der Waals surface area contributed by atoms with Gasteiger partial charge in [0.05, 0.1) is 18.3 Å². The molecule has 142 valence electrons. The summed E-state index contributed by atoms with van der Waals surface area (Å²) in [5, 5.41) is 11.9. The van der Waals surface area contributed by atoms with Gasteiger partial charge in [-0.3, -0.25) is 9.48 Å². The molecular formula is C19H29N5O2. The molecule has 0 aliphatic carbocycles. The number of carbonyl (C=O) groups excluding carboxylic acids is 1. The van der Waals surface area contributed by atoms with E-state index in [1.807, 2.05) is 21.5 Å². The van der Waals surface area contributed by atoms with E-state index in [1.54, 1.807) is 6.20 Å². The minimum atomic E-state index is -0.209. The standard InChI is InChI=1S/C19H29N5O2/c1-13(2)16-10-15(22-24(16)19(3,4)5)18(25)21-17-6-8-20-23(17)11-14-7-9-26-12-14/h6,8,10,13-14H,7,9,11-12H2,1-5H3,(H,21,25). The van der Waals surface area contributed by atoms with Crippen LogP contribution in [0, 0.1) is 5.92 Å². The number of rotatable bonds is 5. The maximum Gasteiger partial charge on any atom is 0.277 e. The summed E-state index contributed by atoms with van der Waals surface area (Å²) in [6.07, 6.45) is 2.74. The number of hydrogen-bond donors (Lipinski definition) is 1. The fraction of sp³-hybridized carbons (Fsp3) is 0.632. The van der Waals surface area contributed by atoms with Crippen LogP contribution in [0.3, 0.4) is 0 Å². The molecule has 0 aromatic carbocycles. The largest absolute Gasteiger partial charge is 0.381 e. The van der Waals surface area contributed by atoms with Crippen LogP contribution in [0.4, 0.5) is 5.82 Å². The first-order valence-corrected chi connectivity index (χ1v) is 9.27. The molecule has 0 saturated carbocycles. The van der Waals surface area contributed by atoms with Crippen molar-refractivity contribution in [3.8, 4) is 0 Å². The molecule has 7 heteroatoms. The van der Waals surface area contributed by atoms with Gasteiger partial charge >= 0.3 is 0 Å². The number of ether oxygens (including phenoxy) is 1. The predicted octanol–water partition coefficient (Wildman–Crippen LogP) is 3.25. The van der Waals surface area contributed by atoms with Crippen molar-refractivity contribution in [2.45, 2.75) is 59.0 Å². The van der Waals surface area contributed by atoms with E-state index in [2.05, 4.69) is 50.1 Å². The highest BCUT2D eigenvalue weighted by molar-refractivity contribution is 6.02. The summed E-state index contributed by atoms with van der Waals surface area (Å²) in [6.45, 7) is 12.8. The van der Waals surface area contributed by atoms with Gasteiger partial charge in [0.15, 0.2) is 5.69 Å². The van der Waals surface area contributed by atoms with Crippen LogP contribution in [0.15, 0.2) is 18.3 Å². The summed E-state index contributed by atoms with van der Waals surface area (Å²) in [5.41, 5.74) is 1.31. The molecule has 0 bridgehead atoms. The first kappa shape index (κ1) is 18.6. The van der Waals surface area contributed by atoms with Crippen molar-refractivity contribution in [1.82, 2.24) is 19.6 Å². The van der Waals surface area contributed by atoms with E-state index in [-0.39, 0.29) is 17.4 Å². The van der Waals surface area contributed by atoms with E-state index in [9.17, 15) is 4.79 Å². The SMILES string of the molecule is CC(C)c1cc(C(=O)Nc2ccnn2CC2CCOC2)nn1C(C)(C)C. The lowest BCUT2D eigenvalue weighted by atomic mass is 10.1. The number of aromatic nitrogens is 4. The third-order valence-electron chi connectivity index (χ3n) is 4.61. The number of hydrogen-bond acceptors (Lipinski definition) is 4. The van der Waals surface area contributed by atoms with Crippen LogP contribution in [-0.4, -0.2) is 38.7 Å². The van der Waals surface area contributed by atoms with Crippen molar-refractivity contribution in [1.29, 1.82) is 0 Å². The molecule has 1 saturated heterocycles. The zero-order chi connectivity index (χ0) is 18.9. The molecule has 1 N–H and O–H groups in total. The van der Waals surface area contributed by atoms with Gasteiger partial charge in [-0.05, 0) is 39.2 Å². The third kappa shape index (κ3) is 3.98. The van der Waals surface area contributed by atoms with Crippen LogP contribution < -0.4 is 5.32 Å². The lowest BCUT2D eigenvalue weighted by Crippen LogP contribution is -2.26. The Hall–Kier alpha value is -2.15. The molecule has 0 radical (unpaired) electrons. The van der Waals surface area contributed by atoms with Crippen molar-refractivity contribution in [2.24, 2.45) is 5.92 Å². The molecule has 1 unspecified atom stereocenters. The Kier molecular flexibility index (Phi) is 5.18. The monoisotopic (exact) mass is 359 g/mol. The molecule has 1 fully saturated rings. The summed E-state index contributed by atoms with van der Waals surface area (Å²) in [6, 6.07) is 3.70. The number of nitrogens with zero attached hydrogens (tertiary/aromatic N) is 4. The van der Waals surface area contributed by atoms with Crippen LogP contribution in [0.25, 0.3) is 0 Å². The highest BCUT2D eigenvalue weighted by Gasteiger charge is 2.24. The van der Waals surface area contributed by atoms with Crippen molar-refractivity contribution < 1.29 is 9.53 Å². The Balaban J connectivity index is 1.78. The van der Waals surface area contributed by atoms with E-state index in [0.717, 1.165) is 31.9 Å².